The standard InChI is InChI=1S/C57H36N4/c1-3-15-37(16-4-1)38-29-31-39(32-30-38)41-19-13-20-42(35-41)44-26-14-27-51-50-25-11-12-28-53(50)61(54(44)51)57-59-55(40-17-5-2-6-18-40)58-56(60-57)43-33-34-49-47-23-8-7-21-45(47)46-22-9-10-24-48(46)52(49)36-43/h1-36H. The summed E-state index contributed by atoms with van der Waals surface area (Å²) in [6, 6.07) is 77.6. The Labute approximate surface area is 352 Å². The summed E-state index contributed by atoms with van der Waals surface area (Å²) in [5.41, 5.74) is 10.9. The maximum atomic E-state index is 5.39. The Morgan fingerprint density at radius 1 is 0.262 bits per heavy atom. The van der Waals surface area contributed by atoms with E-state index >= 15 is 0 Å². The summed E-state index contributed by atoms with van der Waals surface area (Å²) in [5.74, 6) is 1.81. The van der Waals surface area contributed by atoms with Crippen LogP contribution in [-0.4, -0.2) is 19.5 Å². The molecule has 0 aliphatic heterocycles. The lowest BCUT2D eigenvalue weighted by Crippen LogP contribution is -2.07. The molecule has 12 aromatic rings. The number of hydrogen-bond donors (Lipinski definition) is 0. The molecule has 0 aliphatic rings. The van der Waals surface area contributed by atoms with Gasteiger partial charge >= 0.3 is 0 Å². The van der Waals surface area contributed by atoms with Gasteiger partial charge in [-0.2, -0.15) is 9.97 Å². The summed E-state index contributed by atoms with van der Waals surface area (Å²) in [5, 5.41) is 9.57. The third-order valence-corrected chi connectivity index (χ3v) is 12.1. The van der Waals surface area contributed by atoms with Crippen molar-refractivity contribution in [3.8, 4) is 62.1 Å². The van der Waals surface area contributed by atoms with Crippen LogP contribution < -0.4 is 0 Å². The monoisotopic (exact) mass is 776 g/mol. The number of benzene rings is 10. The fourth-order valence-corrected chi connectivity index (χ4v) is 9.17. The maximum absolute atomic E-state index is 5.39. The first-order valence-electron chi connectivity index (χ1n) is 20.7. The first kappa shape index (κ1) is 34.8. The fraction of sp³-hybridized carbons (Fsp3) is 0. The SMILES string of the molecule is c1ccc(-c2ccc(-c3cccc(-c4cccc5c6ccccc6n(-c6nc(-c7ccccc7)nc(-c7ccc8c9ccccc9c9ccccc9c8c7)n6)c45)c3)cc2)cc1. The van der Waals surface area contributed by atoms with Gasteiger partial charge in [0.25, 0.3) is 0 Å². The van der Waals surface area contributed by atoms with Gasteiger partial charge in [0, 0.05) is 27.5 Å². The zero-order valence-electron chi connectivity index (χ0n) is 33.1. The molecule has 0 amide bonds. The van der Waals surface area contributed by atoms with Crippen LogP contribution in [0.3, 0.4) is 0 Å². The van der Waals surface area contributed by atoms with Crippen LogP contribution in [-0.2, 0) is 0 Å². The molecule has 4 heteroatoms. The minimum Gasteiger partial charge on any atom is -0.277 e. The van der Waals surface area contributed by atoms with Crippen molar-refractivity contribution in [3.63, 3.8) is 0 Å². The lowest BCUT2D eigenvalue weighted by atomic mass is 9.93. The van der Waals surface area contributed by atoms with Gasteiger partial charge in [-0.05, 0) is 78.3 Å². The van der Waals surface area contributed by atoms with Gasteiger partial charge < -0.3 is 0 Å². The Morgan fingerprint density at radius 2 is 0.721 bits per heavy atom. The average molecular weight is 777 g/mol. The van der Waals surface area contributed by atoms with Crippen molar-refractivity contribution < 1.29 is 0 Å². The van der Waals surface area contributed by atoms with Gasteiger partial charge in [0.2, 0.25) is 5.95 Å². The van der Waals surface area contributed by atoms with Gasteiger partial charge in [-0.25, -0.2) is 4.98 Å². The zero-order chi connectivity index (χ0) is 40.3. The lowest BCUT2D eigenvalue weighted by Gasteiger charge is -2.14. The van der Waals surface area contributed by atoms with E-state index in [1.54, 1.807) is 0 Å². The normalized spacial score (nSPS) is 11.6. The average Bonchev–Trinajstić information content (AvgIpc) is 3.69. The highest BCUT2D eigenvalue weighted by atomic mass is 15.2. The van der Waals surface area contributed by atoms with E-state index in [4.69, 9.17) is 15.0 Å². The topological polar surface area (TPSA) is 43.6 Å². The van der Waals surface area contributed by atoms with Gasteiger partial charge in [0.1, 0.15) is 0 Å². The van der Waals surface area contributed by atoms with Crippen LogP contribution in [0.1, 0.15) is 0 Å². The number of aromatic nitrogens is 4. The molecule has 0 unspecified atom stereocenters. The molecule has 0 N–H and O–H groups in total. The highest BCUT2D eigenvalue weighted by molar-refractivity contribution is 6.25. The maximum Gasteiger partial charge on any atom is 0.238 e. The number of nitrogens with zero attached hydrogens (tertiary/aromatic N) is 4. The van der Waals surface area contributed by atoms with Gasteiger partial charge in [-0.15, -0.1) is 0 Å². The largest absolute Gasteiger partial charge is 0.277 e. The van der Waals surface area contributed by atoms with Crippen molar-refractivity contribution in [2.75, 3.05) is 0 Å². The Bertz CT molecular complexity index is 3590. The van der Waals surface area contributed by atoms with E-state index in [2.05, 4.69) is 205 Å². The van der Waals surface area contributed by atoms with Crippen LogP contribution in [0.15, 0.2) is 218 Å². The zero-order valence-corrected chi connectivity index (χ0v) is 33.1. The van der Waals surface area contributed by atoms with Crippen LogP contribution in [0.4, 0.5) is 0 Å². The molecular weight excluding hydrogens is 741 g/mol. The van der Waals surface area contributed by atoms with Crippen molar-refractivity contribution in [3.05, 3.63) is 218 Å². The third kappa shape index (κ3) is 5.88. The second kappa shape index (κ2) is 14.3. The van der Waals surface area contributed by atoms with Crippen molar-refractivity contribution in [1.82, 2.24) is 19.5 Å². The van der Waals surface area contributed by atoms with E-state index in [0.29, 0.717) is 17.6 Å². The third-order valence-electron chi connectivity index (χ3n) is 12.1. The molecule has 0 fully saturated rings. The minimum absolute atomic E-state index is 0.568. The Kier molecular flexibility index (Phi) is 8.13. The summed E-state index contributed by atoms with van der Waals surface area (Å²) >= 11 is 0. The molecular formula is C57H36N4. The van der Waals surface area contributed by atoms with Crippen LogP contribution >= 0.6 is 0 Å². The number of para-hydroxylation sites is 2. The molecule has 0 saturated heterocycles. The molecule has 284 valence electrons. The molecule has 0 radical (unpaired) electrons. The van der Waals surface area contributed by atoms with E-state index in [-0.39, 0.29) is 0 Å². The van der Waals surface area contributed by atoms with Crippen LogP contribution in [0.25, 0.3) is 116 Å². The predicted octanol–water partition coefficient (Wildman–Crippen LogP) is 14.8. The molecule has 0 saturated carbocycles. The Hall–Kier alpha value is -8.21. The van der Waals surface area contributed by atoms with E-state index in [1.165, 1.54) is 49.0 Å². The smallest absolute Gasteiger partial charge is 0.238 e. The predicted molar refractivity (Wildman–Crippen MR) is 254 cm³/mol. The van der Waals surface area contributed by atoms with Gasteiger partial charge in [-0.3, -0.25) is 4.57 Å². The molecule has 2 aromatic heterocycles. The summed E-state index contributed by atoms with van der Waals surface area (Å²) in [6.07, 6.45) is 0. The van der Waals surface area contributed by atoms with Crippen molar-refractivity contribution >= 4 is 54.1 Å². The van der Waals surface area contributed by atoms with E-state index in [1.807, 2.05) is 18.2 Å². The summed E-state index contributed by atoms with van der Waals surface area (Å²) in [4.78, 5) is 15.9. The summed E-state index contributed by atoms with van der Waals surface area (Å²) in [7, 11) is 0. The van der Waals surface area contributed by atoms with Crippen molar-refractivity contribution in [2.24, 2.45) is 0 Å². The minimum atomic E-state index is 0.568. The highest BCUT2D eigenvalue weighted by Gasteiger charge is 2.21. The van der Waals surface area contributed by atoms with Crippen molar-refractivity contribution in [2.45, 2.75) is 0 Å². The quantitative estimate of drug-likeness (QED) is 0.158. The fourth-order valence-electron chi connectivity index (χ4n) is 9.17. The molecule has 61 heavy (non-hydrogen) atoms. The molecule has 0 bridgehead atoms. The molecule has 0 atom stereocenters. The Morgan fingerprint density at radius 3 is 1.41 bits per heavy atom. The van der Waals surface area contributed by atoms with Gasteiger partial charge in [0.05, 0.1) is 11.0 Å². The number of hydrogen-bond acceptors (Lipinski definition) is 3. The molecule has 0 spiro atoms. The first-order chi connectivity index (χ1) is 30.2. The van der Waals surface area contributed by atoms with Crippen molar-refractivity contribution in [1.29, 1.82) is 0 Å². The second-order valence-corrected chi connectivity index (χ2v) is 15.6. The number of rotatable bonds is 6. The summed E-state index contributed by atoms with van der Waals surface area (Å²) < 4.78 is 2.24. The second-order valence-electron chi connectivity index (χ2n) is 15.6. The van der Waals surface area contributed by atoms with E-state index in [0.717, 1.165) is 49.6 Å². The first-order valence-corrected chi connectivity index (χ1v) is 20.7. The highest BCUT2D eigenvalue weighted by Crippen LogP contribution is 2.40. The summed E-state index contributed by atoms with van der Waals surface area (Å²) in [6.45, 7) is 0. The lowest BCUT2D eigenvalue weighted by molar-refractivity contribution is 0.954. The molecule has 2 heterocycles. The molecule has 4 nitrogen and oxygen atoms in total. The molecule has 10 aromatic carbocycles. The molecule has 0 aliphatic carbocycles. The van der Waals surface area contributed by atoms with Crippen LogP contribution in [0, 0.1) is 0 Å². The van der Waals surface area contributed by atoms with Crippen LogP contribution in [0.2, 0.25) is 0 Å². The van der Waals surface area contributed by atoms with Gasteiger partial charge in [-0.1, -0.05) is 200 Å². The Balaban J connectivity index is 1.07. The van der Waals surface area contributed by atoms with E-state index < -0.39 is 0 Å². The van der Waals surface area contributed by atoms with E-state index in [9.17, 15) is 0 Å². The number of fused-ring (bicyclic) bond motifs is 9. The van der Waals surface area contributed by atoms with Gasteiger partial charge in [0.15, 0.2) is 11.6 Å². The molecule has 12 rings (SSSR count). The van der Waals surface area contributed by atoms with Crippen LogP contribution in [0.5, 0.6) is 0 Å².